The smallest absolute Gasteiger partial charge is 0.245 e. The summed E-state index contributed by atoms with van der Waals surface area (Å²) >= 11 is 0. The third-order valence-corrected chi connectivity index (χ3v) is 8.12. The predicted octanol–water partition coefficient (Wildman–Crippen LogP) is 3.95. The number of ether oxygens (including phenoxy) is 1. The lowest BCUT2D eigenvalue weighted by Crippen LogP contribution is -2.51. The molecular formula is C24H32N2O5S. The Morgan fingerprint density at radius 1 is 1.00 bits per heavy atom. The van der Waals surface area contributed by atoms with Gasteiger partial charge in [-0.25, -0.2) is 13.9 Å². The molecular weight excluding hydrogens is 428 g/mol. The van der Waals surface area contributed by atoms with E-state index in [-0.39, 0.29) is 11.3 Å². The van der Waals surface area contributed by atoms with E-state index >= 15 is 0 Å². The molecule has 32 heavy (non-hydrogen) atoms. The number of likely N-dealkylation sites (tertiary alicyclic amines) is 1. The summed E-state index contributed by atoms with van der Waals surface area (Å²) in [6.07, 6.45) is 0.593. The van der Waals surface area contributed by atoms with Crippen LogP contribution >= 0.6 is 0 Å². The maximum absolute atomic E-state index is 13.7. The van der Waals surface area contributed by atoms with Crippen LogP contribution in [0.2, 0.25) is 0 Å². The Hall–Kier alpha value is -2.42. The first-order chi connectivity index (χ1) is 15.0. The van der Waals surface area contributed by atoms with Crippen LogP contribution in [0, 0.1) is 0 Å². The molecule has 0 aliphatic carbocycles. The average Bonchev–Trinajstić information content (AvgIpc) is 2.75. The van der Waals surface area contributed by atoms with Crippen molar-refractivity contribution in [1.29, 1.82) is 0 Å². The molecule has 1 amide bonds. The molecule has 2 aromatic rings. The van der Waals surface area contributed by atoms with Gasteiger partial charge in [0.2, 0.25) is 5.91 Å². The Morgan fingerprint density at radius 2 is 1.56 bits per heavy atom. The van der Waals surface area contributed by atoms with E-state index in [0.29, 0.717) is 37.4 Å². The topological polar surface area (TPSA) is 84.9 Å². The van der Waals surface area contributed by atoms with E-state index in [2.05, 4.69) is 10.4 Å². The van der Waals surface area contributed by atoms with Gasteiger partial charge in [-0.3, -0.25) is 9.63 Å². The van der Waals surface area contributed by atoms with Crippen molar-refractivity contribution in [2.45, 2.75) is 55.3 Å². The van der Waals surface area contributed by atoms with E-state index in [1.54, 1.807) is 24.3 Å². The Labute approximate surface area is 190 Å². The van der Waals surface area contributed by atoms with Gasteiger partial charge >= 0.3 is 0 Å². The molecule has 0 unspecified atom stereocenters. The van der Waals surface area contributed by atoms with Crippen molar-refractivity contribution in [2.24, 2.45) is 0 Å². The van der Waals surface area contributed by atoms with Gasteiger partial charge in [0.05, 0.1) is 15.2 Å². The minimum Gasteiger partial charge on any atom is -0.457 e. The molecule has 8 heteroatoms. The summed E-state index contributed by atoms with van der Waals surface area (Å²) in [5, 5.41) is 0. The number of hydroxylamine groups is 1. The third-order valence-electron chi connectivity index (χ3n) is 5.54. The summed E-state index contributed by atoms with van der Waals surface area (Å²) in [7, 11) is -1.83. The highest BCUT2D eigenvalue weighted by Crippen LogP contribution is 2.39. The maximum atomic E-state index is 13.7. The number of benzene rings is 2. The molecule has 1 N–H and O–H groups in total. The minimum atomic E-state index is -3.78. The minimum absolute atomic E-state index is 0.151. The van der Waals surface area contributed by atoms with Crippen molar-refractivity contribution < 1.29 is 22.8 Å². The van der Waals surface area contributed by atoms with Crippen molar-refractivity contribution in [1.82, 2.24) is 10.4 Å². The van der Waals surface area contributed by atoms with Crippen molar-refractivity contribution in [2.75, 3.05) is 20.1 Å². The van der Waals surface area contributed by atoms with Crippen LogP contribution in [0.5, 0.6) is 11.5 Å². The molecule has 1 heterocycles. The molecule has 1 aliphatic rings. The van der Waals surface area contributed by atoms with E-state index in [9.17, 15) is 13.2 Å². The lowest BCUT2D eigenvalue weighted by Gasteiger charge is -2.39. The van der Waals surface area contributed by atoms with Gasteiger partial charge in [0.1, 0.15) is 11.5 Å². The number of nitrogens with zero attached hydrogens (tertiary/aromatic N) is 1. The molecule has 3 rings (SSSR count). The van der Waals surface area contributed by atoms with Gasteiger partial charge in [0.25, 0.3) is 0 Å². The normalized spacial score (nSPS) is 17.0. The second kappa shape index (κ2) is 9.60. The number of piperidine rings is 1. The van der Waals surface area contributed by atoms with Crippen molar-refractivity contribution in [3.63, 3.8) is 0 Å². The fraction of sp³-hybridized carbons (Fsp3) is 0.458. The molecule has 1 aliphatic heterocycles. The van der Waals surface area contributed by atoms with E-state index in [1.807, 2.05) is 58.2 Å². The van der Waals surface area contributed by atoms with E-state index in [0.717, 1.165) is 0 Å². The highest BCUT2D eigenvalue weighted by molar-refractivity contribution is 7.92. The molecule has 1 saturated heterocycles. The van der Waals surface area contributed by atoms with Gasteiger partial charge in [0, 0.05) is 6.42 Å². The monoisotopic (exact) mass is 460 g/mol. The zero-order valence-electron chi connectivity index (χ0n) is 19.1. The van der Waals surface area contributed by atoms with Crippen LogP contribution in [0.15, 0.2) is 59.5 Å². The largest absolute Gasteiger partial charge is 0.457 e. The van der Waals surface area contributed by atoms with E-state index in [4.69, 9.17) is 9.57 Å². The summed E-state index contributed by atoms with van der Waals surface area (Å²) < 4.78 is 32.1. The molecule has 1 fully saturated rings. The van der Waals surface area contributed by atoms with Crippen molar-refractivity contribution >= 4 is 15.7 Å². The van der Waals surface area contributed by atoms with Gasteiger partial charge in [-0.15, -0.1) is 0 Å². The molecule has 7 nitrogen and oxygen atoms in total. The molecule has 174 valence electrons. The Balaban J connectivity index is 1.82. The highest BCUT2D eigenvalue weighted by atomic mass is 32.2. The summed E-state index contributed by atoms with van der Waals surface area (Å²) in [5.74, 6) is 0.784. The number of hydrogen-bond acceptors (Lipinski definition) is 6. The van der Waals surface area contributed by atoms with Gasteiger partial charge in [0.15, 0.2) is 9.84 Å². The Morgan fingerprint density at radius 3 is 2.12 bits per heavy atom. The SMILES string of the molecule is CN1CCC(CC(=O)NOC(C)(C)C)(S(=O)(=O)c2ccc(Oc3ccccc3)cc2)CC1. The quantitative estimate of drug-likeness (QED) is 0.630. The van der Waals surface area contributed by atoms with Crippen LogP contribution in [-0.2, 0) is 19.5 Å². The van der Waals surface area contributed by atoms with Crippen molar-refractivity contribution in [3.05, 3.63) is 54.6 Å². The third kappa shape index (κ3) is 5.88. The first kappa shape index (κ1) is 24.2. The highest BCUT2D eigenvalue weighted by Gasteiger charge is 2.48. The molecule has 2 aromatic carbocycles. The standard InChI is InChI=1S/C24H32N2O5S/c1-23(2,3)31-25-22(27)18-24(14-16-26(4)17-15-24)32(28,29)21-12-10-20(11-13-21)30-19-8-6-5-7-9-19/h5-13H,14-18H2,1-4H3,(H,25,27). The maximum Gasteiger partial charge on any atom is 0.245 e. The molecule has 0 radical (unpaired) electrons. The first-order valence-corrected chi connectivity index (χ1v) is 12.2. The number of rotatable bonds is 7. The van der Waals surface area contributed by atoms with Crippen LogP contribution in [0.3, 0.4) is 0 Å². The number of sulfone groups is 1. The number of carbonyl (C=O) groups is 1. The van der Waals surface area contributed by atoms with Crippen molar-refractivity contribution in [3.8, 4) is 11.5 Å². The molecule has 0 bridgehead atoms. The zero-order chi connectivity index (χ0) is 23.4. The van der Waals surface area contributed by atoms with Gasteiger partial charge in [-0.2, -0.15) is 0 Å². The molecule has 0 spiro atoms. The number of hydrogen-bond donors (Lipinski definition) is 1. The number of para-hydroxylation sites is 1. The lowest BCUT2D eigenvalue weighted by atomic mass is 9.92. The summed E-state index contributed by atoms with van der Waals surface area (Å²) in [4.78, 5) is 20.3. The fourth-order valence-electron chi connectivity index (χ4n) is 3.67. The number of amides is 1. The second-order valence-electron chi connectivity index (χ2n) is 9.29. The first-order valence-electron chi connectivity index (χ1n) is 10.7. The summed E-state index contributed by atoms with van der Waals surface area (Å²) in [5.41, 5.74) is 1.86. The predicted molar refractivity (Wildman–Crippen MR) is 123 cm³/mol. The molecule has 0 aromatic heterocycles. The Bertz CT molecular complexity index is 1010. The van der Waals surface area contributed by atoms with Gasteiger partial charge in [-0.1, -0.05) is 18.2 Å². The lowest BCUT2D eigenvalue weighted by molar-refractivity contribution is -0.146. The zero-order valence-corrected chi connectivity index (χ0v) is 19.9. The van der Waals surface area contributed by atoms with Crippen LogP contribution in [-0.4, -0.2) is 49.7 Å². The van der Waals surface area contributed by atoms with Crippen LogP contribution in [0.1, 0.15) is 40.0 Å². The van der Waals surface area contributed by atoms with Crippen LogP contribution < -0.4 is 10.2 Å². The molecule has 0 saturated carbocycles. The summed E-state index contributed by atoms with van der Waals surface area (Å²) in [6, 6.07) is 15.7. The van der Waals surface area contributed by atoms with E-state index < -0.39 is 26.1 Å². The average molecular weight is 461 g/mol. The van der Waals surface area contributed by atoms with Gasteiger partial charge < -0.3 is 9.64 Å². The fourth-order valence-corrected chi connectivity index (χ4v) is 5.70. The number of nitrogens with one attached hydrogen (secondary N) is 1. The molecule has 0 atom stereocenters. The number of carbonyl (C=O) groups excluding carboxylic acids is 1. The second-order valence-corrected chi connectivity index (χ2v) is 11.6. The van der Waals surface area contributed by atoms with Crippen LogP contribution in [0.25, 0.3) is 0 Å². The summed E-state index contributed by atoms with van der Waals surface area (Å²) in [6.45, 7) is 6.64. The Kier molecular flexibility index (Phi) is 7.27. The van der Waals surface area contributed by atoms with Gasteiger partial charge in [-0.05, 0) is 90.1 Å². The van der Waals surface area contributed by atoms with Crippen LogP contribution in [0.4, 0.5) is 0 Å². The van der Waals surface area contributed by atoms with E-state index in [1.165, 1.54) is 0 Å².